The Morgan fingerprint density at radius 3 is 2.50 bits per heavy atom. The zero-order valence-corrected chi connectivity index (χ0v) is 14.6. The second-order valence-corrected chi connectivity index (χ2v) is 6.13. The van der Waals surface area contributed by atoms with Gasteiger partial charge in [-0.15, -0.1) is 0 Å². The number of ether oxygens (including phenoxy) is 2. The standard InChI is InChI=1S/C19H22N2O5/c1-3-25-19(24)12-4-7-14(8-5-12)26-18-11(2)20-21-17(18)15-9-6-13(22)10-16(15)23/h4-11,17-18,20-23H,3H2,1-2H3. The lowest BCUT2D eigenvalue weighted by Gasteiger charge is -2.23. The first-order valence-corrected chi connectivity index (χ1v) is 8.46. The Labute approximate surface area is 151 Å². The van der Waals surface area contributed by atoms with Gasteiger partial charge in [0.05, 0.1) is 24.3 Å². The smallest absolute Gasteiger partial charge is 0.338 e. The third-order valence-corrected chi connectivity index (χ3v) is 4.27. The first-order valence-electron chi connectivity index (χ1n) is 8.46. The zero-order chi connectivity index (χ0) is 18.7. The van der Waals surface area contributed by atoms with Crippen LogP contribution in [0, 0.1) is 0 Å². The summed E-state index contributed by atoms with van der Waals surface area (Å²) in [5.74, 6) is 0.217. The minimum Gasteiger partial charge on any atom is -0.508 e. The summed E-state index contributed by atoms with van der Waals surface area (Å²) in [5.41, 5.74) is 7.29. The molecule has 0 amide bonds. The van der Waals surface area contributed by atoms with E-state index in [2.05, 4.69) is 10.9 Å². The number of benzene rings is 2. The van der Waals surface area contributed by atoms with Crippen molar-refractivity contribution in [1.82, 2.24) is 10.9 Å². The molecule has 0 bridgehead atoms. The van der Waals surface area contributed by atoms with Crippen molar-refractivity contribution in [3.63, 3.8) is 0 Å². The molecule has 1 aliphatic rings. The van der Waals surface area contributed by atoms with Gasteiger partial charge in [0, 0.05) is 11.6 Å². The highest BCUT2D eigenvalue weighted by molar-refractivity contribution is 5.89. The fourth-order valence-corrected chi connectivity index (χ4v) is 2.94. The Morgan fingerprint density at radius 2 is 1.85 bits per heavy atom. The topological polar surface area (TPSA) is 100 Å². The van der Waals surface area contributed by atoms with E-state index in [1.54, 1.807) is 37.3 Å². The van der Waals surface area contributed by atoms with Gasteiger partial charge >= 0.3 is 5.97 Å². The third-order valence-electron chi connectivity index (χ3n) is 4.27. The van der Waals surface area contributed by atoms with Crippen LogP contribution in [-0.4, -0.2) is 34.9 Å². The lowest BCUT2D eigenvalue weighted by molar-refractivity contribution is 0.0526. The summed E-state index contributed by atoms with van der Waals surface area (Å²) in [6.45, 7) is 4.05. The molecule has 3 unspecified atom stereocenters. The van der Waals surface area contributed by atoms with Crippen molar-refractivity contribution in [1.29, 1.82) is 0 Å². The van der Waals surface area contributed by atoms with Crippen LogP contribution in [0.3, 0.4) is 0 Å². The van der Waals surface area contributed by atoms with Gasteiger partial charge < -0.3 is 19.7 Å². The van der Waals surface area contributed by atoms with Crippen molar-refractivity contribution in [2.24, 2.45) is 0 Å². The van der Waals surface area contributed by atoms with Crippen molar-refractivity contribution in [3.05, 3.63) is 53.6 Å². The average molecular weight is 358 g/mol. The normalized spacial score (nSPS) is 22.2. The van der Waals surface area contributed by atoms with Crippen molar-refractivity contribution in [2.45, 2.75) is 32.0 Å². The molecule has 26 heavy (non-hydrogen) atoms. The highest BCUT2D eigenvalue weighted by Gasteiger charge is 2.37. The van der Waals surface area contributed by atoms with E-state index < -0.39 is 0 Å². The molecule has 4 N–H and O–H groups in total. The summed E-state index contributed by atoms with van der Waals surface area (Å²) in [7, 11) is 0. The van der Waals surface area contributed by atoms with Gasteiger partial charge in [-0.25, -0.2) is 10.2 Å². The Morgan fingerprint density at radius 1 is 1.12 bits per heavy atom. The van der Waals surface area contributed by atoms with Gasteiger partial charge in [0.1, 0.15) is 23.4 Å². The number of rotatable bonds is 5. The monoisotopic (exact) mass is 358 g/mol. The minimum atomic E-state index is -0.372. The molecule has 2 aromatic carbocycles. The molecule has 7 heteroatoms. The molecule has 0 saturated carbocycles. The van der Waals surface area contributed by atoms with E-state index in [1.807, 2.05) is 6.92 Å². The predicted octanol–water partition coefficient (Wildman–Crippen LogP) is 2.26. The van der Waals surface area contributed by atoms with Gasteiger partial charge in [0.2, 0.25) is 0 Å². The van der Waals surface area contributed by atoms with E-state index in [9.17, 15) is 15.0 Å². The second-order valence-electron chi connectivity index (χ2n) is 6.13. The number of phenols is 2. The van der Waals surface area contributed by atoms with E-state index in [-0.39, 0.29) is 35.7 Å². The van der Waals surface area contributed by atoms with Crippen LogP contribution in [0.2, 0.25) is 0 Å². The van der Waals surface area contributed by atoms with Gasteiger partial charge in [-0.1, -0.05) is 0 Å². The first kappa shape index (κ1) is 18.0. The molecule has 7 nitrogen and oxygen atoms in total. The molecule has 138 valence electrons. The van der Waals surface area contributed by atoms with Crippen LogP contribution in [0.5, 0.6) is 17.2 Å². The SMILES string of the molecule is CCOC(=O)c1ccc(OC2C(C)NNC2c2ccc(O)cc2O)cc1. The Kier molecular flexibility index (Phi) is 5.29. The third kappa shape index (κ3) is 3.74. The van der Waals surface area contributed by atoms with E-state index in [1.165, 1.54) is 12.1 Å². The lowest BCUT2D eigenvalue weighted by Crippen LogP contribution is -2.33. The molecule has 0 spiro atoms. The van der Waals surface area contributed by atoms with Crippen LogP contribution in [0.4, 0.5) is 0 Å². The van der Waals surface area contributed by atoms with E-state index >= 15 is 0 Å². The summed E-state index contributed by atoms with van der Waals surface area (Å²) in [5, 5.41) is 19.6. The summed E-state index contributed by atoms with van der Waals surface area (Å²) < 4.78 is 11.1. The molecule has 2 aromatic rings. The van der Waals surface area contributed by atoms with Gasteiger partial charge in [-0.2, -0.15) is 0 Å². The number of esters is 1. The van der Waals surface area contributed by atoms with Crippen LogP contribution in [0.25, 0.3) is 0 Å². The van der Waals surface area contributed by atoms with Crippen LogP contribution >= 0.6 is 0 Å². The molecule has 1 fully saturated rings. The number of nitrogens with one attached hydrogen (secondary N) is 2. The molecule has 0 aromatic heterocycles. The molecule has 0 radical (unpaired) electrons. The Bertz CT molecular complexity index is 778. The van der Waals surface area contributed by atoms with Gasteiger partial charge in [-0.3, -0.25) is 5.43 Å². The van der Waals surface area contributed by atoms with E-state index in [4.69, 9.17) is 9.47 Å². The largest absolute Gasteiger partial charge is 0.508 e. The van der Waals surface area contributed by atoms with Crippen LogP contribution in [0.15, 0.2) is 42.5 Å². The second kappa shape index (κ2) is 7.63. The van der Waals surface area contributed by atoms with Crippen molar-refractivity contribution in [3.8, 4) is 17.2 Å². The molecular weight excluding hydrogens is 336 g/mol. The lowest BCUT2D eigenvalue weighted by atomic mass is 9.98. The van der Waals surface area contributed by atoms with Crippen LogP contribution < -0.4 is 15.6 Å². The fraction of sp³-hybridized carbons (Fsp3) is 0.316. The highest BCUT2D eigenvalue weighted by Crippen LogP contribution is 2.34. The quantitative estimate of drug-likeness (QED) is 0.608. The molecule has 1 heterocycles. The van der Waals surface area contributed by atoms with Crippen LogP contribution in [0.1, 0.15) is 35.8 Å². The summed E-state index contributed by atoms with van der Waals surface area (Å²) in [6, 6.07) is 10.9. The number of hydrazine groups is 1. The number of hydrogen-bond acceptors (Lipinski definition) is 7. The van der Waals surface area contributed by atoms with Crippen LogP contribution in [-0.2, 0) is 4.74 Å². The number of phenolic OH excluding ortho intramolecular Hbond substituents is 2. The molecule has 3 atom stereocenters. The number of carbonyl (C=O) groups is 1. The van der Waals surface area contributed by atoms with Crippen molar-refractivity contribution < 1.29 is 24.5 Å². The molecule has 1 aliphatic heterocycles. The summed E-state index contributed by atoms with van der Waals surface area (Å²) in [6.07, 6.45) is -0.307. The molecule has 0 aliphatic carbocycles. The van der Waals surface area contributed by atoms with E-state index in [0.29, 0.717) is 23.5 Å². The van der Waals surface area contributed by atoms with Crippen molar-refractivity contribution >= 4 is 5.97 Å². The van der Waals surface area contributed by atoms with Gasteiger partial charge in [-0.05, 0) is 50.2 Å². The van der Waals surface area contributed by atoms with Crippen molar-refractivity contribution in [2.75, 3.05) is 6.61 Å². The molecular formula is C19H22N2O5. The maximum absolute atomic E-state index is 11.7. The number of aromatic hydroxyl groups is 2. The number of carbonyl (C=O) groups excluding carboxylic acids is 1. The maximum Gasteiger partial charge on any atom is 0.338 e. The first-order chi connectivity index (χ1) is 12.5. The summed E-state index contributed by atoms with van der Waals surface area (Å²) in [4.78, 5) is 11.7. The minimum absolute atomic E-state index is 0.00252. The van der Waals surface area contributed by atoms with E-state index in [0.717, 1.165) is 0 Å². The fourth-order valence-electron chi connectivity index (χ4n) is 2.94. The zero-order valence-electron chi connectivity index (χ0n) is 14.6. The predicted molar refractivity (Wildman–Crippen MR) is 95.1 cm³/mol. The maximum atomic E-state index is 11.7. The molecule has 1 saturated heterocycles. The van der Waals surface area contributed by atoms with Gasteiger partial charge in [0.15, 0.2) is 0 Å². The number of hydrogen-bond donors (Lipinski definition) is 4. The molecule has 3 rings (SSSR count). The summed E-state index contributed by atoms with van der Waals surface area (Å²) >= 11 is 0. The Hall–Kier alpha value is -2.77. The Balaban J connectivity index is 1.77. The average Bonchev–Trinajstić information content (AvgIpc) is 2.96. The highest BCUT2D eigenvalue weighted by atomic mass is 16.5. The van der Waals surface area contributed by atoms with Gasteiger partial charge in [0.25, 0.3) is 0 Å².